The van der Waals surface area contributed by atoms with Crippen molar-refractivity contribution in [2.24, 2.45) is 0 Å². The van der Waals surface area contributed by atoms with E-state index >= 15 is 0 Å². The number of benzene rings is 1. The Morgan fingerprint density at radius 3 is 2.32 bits per heavy atom. The molecule has 104 valence electrons. The van der Waals surface area contributed by atoms with Crippen molar-refractivity contribution in [2.75, 3.05) is 19.6 Å². The van der Waals surface area contributed by atoms with Crippen LogP contribution < -0.4 is 5.32 Å². The van der Waals surface area contributed by atoms with Crippen LogP contribution in [-0.2, 0) is 0 Å². The fourth-order valence-corrected chi connectivity index (χ4v) is 2.07. The molecule has 2 rings (SSSR count). The average Bonchev–Trinajstić information content (AvgIpc) is 2.24. The van der Waals surface area contributed by atoms with Crippen LogP contribution in [0.25, 0.3) is 0 Å². The van der Waals surface area contributed by atoms with E-state index in [1.165, 1.54) is 4.90 Å². The van der Waals surface area contributed by atoms with Gasteiger partial charge in [-0.25, -0.2) is 13.2 Å². The first-order valence-corrected chi connectivity index (χ1v) is 6.20. The summed E-state index contributed by atoms with van der Waals surface area (Å²) in [4.78, 5) is 13.7. The molecule has 0 atom stereocenters. The predicted octanol–water partition coefficient (Wildman–Crippen LogP) is 1.93. The number of amides is 1. The minimum atomic E-state index is -1.16. The lowest BCUT2D eigenvalue weighted by Crippen LogP contribution is -2.59. The van der Waals surface area contributed by atoms with Crippen LogP contribution in [0.3, 0.4) is 0 Å². The summed E-state index contributed by atoms with van der Waals surface area (Å²) < 4.78 is 40.1. The Kier molecular flexibility index (Phi) is 4.09. The second-order valence-corrected chi connectivity index (χ2v) is 4.56. The maximum Gasteiger partial charge on any atom is 0.260 e. The van der Waals surface area contributed by atoms with E-state index in [9.17, 15) is 18.0 Å². The van der Waals surface area contributed by atoms with Crippen LogP contribution in [0.1, 0.15) is 23.7 Å². The maximum absolute atomic E-state index is 13.6. The van der Waals surface area contributed by atoms with Gasteiger partial charge in [0.25, 0.3) is 5.91 Å². The van der Waals surface area contributed by atoms with Gasteiger partial charge in [0, 0.05) is 31.8 Å². The van der Waals surface area contributed by atoms with Gasteiger partial charge in [-0.3, -0.25) is 4.79 Å². The largest absolute Gasteiger partial charge is 0.333 e. The van der Waals surface area contributed by atoms with Crippen LogP contribution in [0, 0.1) is 17.5 Å². The van der Waals surface area contributed by atoms with Gasteiger partial charge in [-0.1, -0.05) is 6.92 Å². The van der Waals surface area contributed by atoms with Crippen molar-refractivity contribution in [3.63, 3.8) is 0 Å². The minimum Gasteiger partial charge on any atom is -0.333 e. The van der Waals surface area contributed by atoms with Gasteiger partial charge in [-0.05, 0) is 6.42 Å². The van der Waals surface area contributed by atoms with E-state index in [1.54, 1.807) is 0 Å². The molecule has 1 heterocycles. The lowest BCUT2D eigenvalue weighted by molar-refractivity contribution is 0.0605. The van der Waals surface area contributed by atoms with Crippen molar-refractivity contribution in [3.05, 3.63) is 35.1 Å². The van der Waals surface area contributed by atoms with Gasteiger partial charge >= 0.3 is 0 Å². The molecule has 1 fully saturated rings. The molecule has 1 amide bonds. The van der Waals surface area contributed by atoms with Crippen LogP contribution in [0.4, 0.5) is 13.2 Å². The van der Waals surface area contributed by atoms with Gasteiger partial charge in [0.2, 0.25) is 0 Å². The zero-order valence-corrected chi connectivity index (χ0v) is 10.5. The fourth-order valence-electron chi connectivity index (χ4n) is 2.07. The van der Waals surface area contributed by atoms with Gasteiger partial charge in [0.05, 0.1) is 6.04 Å². The predicted molar refractivity (Wildman–Crippen MR) is 64.3 cm³/mol. The van der Waals surface area contributed by atoms with Gasteiger partial charge in [-0.2, -0.15) is 0 Å². The van der Waals surface area contributed by atoms with Crippen LogP contribution >= 0.6 is 0 Å². The quantitative estimate of drug-likeness (QED) is 0.908. The number of carbonyl (C=O) groups is 1. The summed E-state index contributed by atoms with van der Waals surface area (Å²) >= 11 is 0. The van der Waals surface area contributed by atoms with E-state index in [1.807, 2.05) is 6.92 Å². The molecule has 0 aliphatic carbocycles. The molecule has 1 aliphatic rings. The topological polar surface area (TPSA) is 32.3 Å². The highest BCUT2D eigenvalue weighted by Gasteiger charge is 2.31. The Labute approximate surface area is 109 Å². The standard InChI is InChI=1S/C13H15F3N2O/c1-2-3-18(9-6-17-7-9)13(19)12-10(15)4-8(14)5-11(12)16/h4-5,9,17H,2-3,6-7H2,1H3. The molecule has 1 aliphatic heterocycles. The number of hydrogen-bond acceptors (Lipinski definition) is 2. The smallest absolute Gasteiger partial charge is 0.260 e. The third-order valence-corrected chi connectivity index (χ3v) is 3.15. The molecule has 0 bridgehead atoms. The Balaban J connectivity index is 2.31. The SMILES string of the molecule is CCCN(C(=O)c1c(F)cc(F)cc1F)C1CNC1. The molecule has 19 heavy (non-hydrogen) atoms. The Bertz CT molecular complexity index is 466. The summed E-state index contributed by atoms with van der Waals surface area (Å²) in [5.74, 6) is -4.06. The molecule has 0 spiro atoms. The normalized spacial score (nSPS) is 15.2. The average molecular weight is 272 g/mol. The van der Waals surface area contributed by atoms with E-state index in [2.05, 4.69) is 5.32 Å². The van der Waals surface area contributed by atoms with E-state index in [0.717, 1.165) is 0 Å². The molecule has 0 unspecified atom stereocenters. The number of rotatable bonds is 4. The molecule has 3 nitrogen and oxygen atoms in total. The molecule has 6 heteroatoms. The Morgan fingerprint density at radius 1 is 1.32 bits per heavy atom. The van der Waals surface area contributed by atoms with E-state index in [0.29, 0.717) is 38.2 Å². The third-order valence-electron chi connectivity index (χ3n) is 3.15. The van der Waals surface area contributed by atoms with Crippen LogP contribution in [0.5, 0.6) is 0 Å². The molecular formula is C13H15F3N2O. The molecule has 1 aromatic rings. The van der Waals surface area contributed by atoms with Crippen molar-refractivity contribution >= 4 is 5.91 Å². The summed E-state index contributed by atoms with van der Waals surface area (Å²) in [5.41, 5.74) is -0.679. The van der Waals surface area contributed by atoms with Gasteiger partial charge in [0.1, 0.15) is 23.0 Å². The van der Waals surface area contributed by atoms with Crippen LogP contribution in [0.15, 0.2) is 12.1 Å². The highest BCUT2D eigenvalue weighted by Crippen LogP contribution is 2.19. The second-order valence-electron chi connectivity index (χ2n) is 4.56. The molecule has 1 aromatic carbocycles. The molecular weight excluding hydrogens is 257 g/mol. The molecule has 0 aromatic heterocycles. The minimum absolute atomic E-state index is 0.0590. The Hall–Kier alpha value is -1.56. The first-order chi connectivity index (χ1) is 9.04. The van der Waals surface area contributed by atoms with Gasteiger partial charge in [0.15, 0.2) is 0 Å². The van der Waals surface area contributed by atoms with E-state index in [4.69, 9.17) is 0 Å². The summed E-state index contributed by atoms with van der Waals surface area (Å²) in [6, 6.07) is 0.996. The van der Waals surface area contributed by atoms with Gasteiger partial charge < -0.3 is 10.2 Å². The van der Waals surface area contributed by atoms with E-state index < -0.39 is 28.9 Å². The Morgan fingerprint density at radius 2 is 1.89 bits per heavy atom. The molecule has 1 N–H and O–H groups in total. The van der Waals surface area contributed by atoms with Crippen molar-refractivity contribution < 1.29 is 18.0 Å². The number of hydrogen-bond donors (Lipinski definition) is 1. The van der Waals surface area contributed by atoms with Crippen molar-refractivity contribution in [1.82, 2.24) is 10.2 Å². The van der Waals surface area contributed by atoms with E-state index in [-0.39, 0.29) is 6.04 Å². The summed E-state index contributed by atoms with van der Waals surface area (Å²) in [7, 11) is 0. The highest BCUT2D eigenvalue weighted by molar-refractivity contribution is 5.95. The fraction of sp³-hybridized carbons (Fsp3) is 0.462. The first kappa shape index (κ1) is 13.9. The van der Waals surface area contributed by atoms with Crippen molar-refractivity contribution in [3.8, 4) is 0 Å². The van der Waals surface area contributed by atoms with Crippen molar-refractivity contribution in [1.29, 1.82) is 0 Å². The summed E-state index contributed by atoms with van der Waals surface area (Å²) in [6.45, 7) is 3.51. The molecule has 1 saturated heterocycles. The first-order valence-electron chi connectivity index (χ1n) is 6.20. The lowest BCUT2D eigenvalue weighted by Gasteiger charge is -2.38. The number of nitrogens with one attached hydrogen (secondary N) is 1. The number of nitrogens with zero attached hydrogens (tertiary/aromatic N) is 1. The van der Waals surface area contributed by atoms with Crippen LogP contribution in [-0.4, -0.2) is 36.5 Å². The van der Waals surface area contributed by atoms with Gasteiger partial charge in [-0.15, -0.1) is 0 Å². The lowest BCUT2D eigenvalue weighted by atomic mass is 10.1. The zero-order valence-electron chi connectivity index (χ0n) is 10.5. The third kappa shape index (κ3) is 2.73. The van der Waals surface area contributed by atoms with Crippen LogP contribution in [0.2, 0.25) is 0 Å². The molecule has 0 saturated carbocycles. The summed E-state index contributed by atoms with van der Waals surface area (Å²) in [5, 5.41) is 3.00. The second kappa shape index (κ2) is 5.61. The monoisotopic (exact) mass is 272 g/mol. The highest BCUT2D eigenvalue weighted by atomic mass is 19.1. The molecule has 0 radical (unpaired) electrons. The van der Waals surface area contributed by atoms with Crippen molar-refractivity contribution in [2.45, 2.75) is 19.4 Å². The maximum atomic E-state index is 13.6. The number of halogens is 3. The number of carbonyl (C=O) groups excluding carboxylic acids is 1. The summed E-state index contributed by atoms with van der Waals surface area (Å²) in [6.07, 6.45) is 0.687. The zero-order chi connectivity index (χ0) is 14.0.